The van der Waals surface area contributed by atoms with Gasteiger partial charge in [-0.3, -0.25) is 4.99 Å². The van der Waals surface area contributed by atoms with Crippen LogP contribution in [0.25, 0.3) is 0 Å². The van der Waals surface area contributed by atoms with E-state index in [0.29, 0.717) is 18.5 Å². The molecule has 0 saturated carbocycles. The highest BCUT2D eigenvalue weighted by Gasteiger charge is 2.32. The maximum absolute atomic E-state index is 12.1. The second-order valence-electron chi connectivity index (χ2n) is 3.71. The van der Waals surface area contributed by atoms with Crippen LogP contribution < -0.4 is 10.1 Å². The molecule has 18 heavy (non-hydrogen) atoms. The topological polar surface area (TPSA) is 33.6 Å². The van der Waals surface area contributed by atoms with Gasteiger partial charge in [-0.15, -0.1) is 13.2 Å². The third-order valence-corrected chi connectivity index (χ3v) is 2.80. The SMILES string of the molecule is FC(F)(F)Oc1cccc(CC2=NCCN2)c1Cl. The van der Waals surface area contributed by atoms with Crippen molar-refractivity contribution in [2.24, 2.45) is 4.99 Å². The highest BCUT2D eigenvalue weighted by Crippen LogP contribution is 2.32. The van der Waals surface area contributed by atoms with Gasteiger partial charge >= 0.3 is 6.36 Å². The Kier molecular flexibility index (Phi) is 3.65. The summed E-state index contributed by atoms with van der Waals surface area (Å²) in [7, 11) is 0. The largest absolute Gasteiger partial charge is 0.573 e. The van der Waals surface area contributed by atoms with Gasteiger partial charge in [-0.25, -0.2) is 0 Å². The van der Waals surface area contributed by atoms with Crippen molar-refractivity contribution in [3.8, 4) is 5.75 Å². The average molecular weight is 279 g/mol. The molecule has 0 fully saturated rings. The molecule has 1 aromatic carbocycles. The van der Waals surface area contributed by atoms with Gasteiger partial charge in [0.25, 0.3) is 0 Å². The first-order valence-electron chi connectivity index (χ1n) is 5.26. The monoisotopic (exact) mass is 278 g/mol. The van der Waals surface area contributed by atoms with E-state index >= 15 is 0 Å². The number of amidine groups is 1. The Balaban J connectivity index is 2.18. The summed E-state index contributed by atoms with van der Waals surface area (Å²) in [6.45, 7) is 1.41. The maximum atomic E-state index is 12.1. The number of hydrogen-bond acceptors (Lipinski definition) is 3. The smallest absolute Gasteiger partial charge is 0.404 e. The number of nitrogens with zero attached hydrogens (tertiary/aromatic N) is 1. The minimum absolute atomic E-state index is 0.0359. The van der Waals surface area contributed by atoms with Crippen LogP contribution in [0.1, 0.15) is 5.56 Å². The first kappa shape index (κ1) is 13.0. The number of nitrogens with one attached hydrogen (secondary N) is 1. The summed E-state index contributed by atoms with van der Waals surface area (Å²) in [4.78, 5) is 4.16. The molecular weight excluding hydrogens is 269 g/mol. The van der Waals surface area contributed by atoms with Crippen LogP contribution in [-0.2, 0) is 6.42 Å². The Morgan fingerprint density at radius 1 is 1.39 bits per heavy atom. The van der Waals surface area contributed by atoms with Crippen LogP contribution in [0, 0.1) is 0 Å². The van der Waals surface area contributed by atoms with Crippen molar-refractivity contribution in [1.82, 2.24) is 5.32 Å². The Bertz CT molecular complexity index is 474. The molecule has 1 aromatic rings. The number of alkyl halides is 3. The predicted molar refractivity (Wildman–Crippen MR) is 62.1 cm³/mol. The molecule has 0 spiro atoms. The molecule has 0 aromatic heterocycles. The lowest BCUT2D eigenvalue weighted by atomic mass is 10.1. The third kappa shape index (κ3) is 3.29. The minimum atomic E-state index is -4.74. The molecule has 3 nitrogen and oxygen atoms in total. The summed E-state index contributed by atoms with van der Waals surface area (Å²) in [6, 6.07) is 4.30. The quantitative estimate of drug-likeness (QED) is 0.922. The van der Waals surface area contributed by atoms with Gasteiger partial charge < -0.3 is 10.1 Å². The van der Waals surface area contributed by atoms with Gasteiger partial charge in [0, 0.05) is 13.0 Å². The summed E-state index contributed by atoms with van der Waals surface area (Å²) in [5.41, 5.74) is 0.548. The molecule has 1 N–H and O–H groups in total. The molecule has 0 atom stereocenters. The molecule has 0 saturated heterocycles. The molecule has 7 heteroatoms. The summed E-state index contributed by atoms with van der Waals surface area (Å²) in [5, 5.41) is 2.99. The molecule has 2 rings (SSSR count). The average Bonchev–Trinajstić information content (AvgIpc) is 2.75. The van der Waals surface area contributed by atoms with Gasteiger partial charge in [0.2, 0.25) is 0 Å². The zero-order valence-corrected chi connectivity index (χ0v) is 9.98. The Hall–Kier alpha value is -1.43. The molecular formula is C11H10ClF3N2O. The van der Waals surface area contributed by atoms with Gasteiger partial charge in [-0.05, 0) is 11.6 Å². The van der Waals surface area contributed by atoms with E-state index in [9.17, 15) is 13.2 Å². The van der Waals surface area contributed by atoms with Gasteiger partial charge in [0.05, 0.1) is 11.6 Å². The van der Waals surface area contributed by atoms with Crippen molar-refractivity contribution in [1.29, 1.82) is 0 Å². The third-order valence-electron chi connectivity index (χ3n) is 2.37. The van der Waals surface area contributed by atoms with E-state index < -0.39 is 6.36 Å². The van der Waals surface area contributed by atoms with E-state index in [2.05, 4.69) is 15.0 Å². The fraction of sp³-hybridized carbons (Fsp3) is 0.364. The number of aliphatic imine (C=N–C) groups is 1. The first-order valence-corrected chi connectivity index (χ1v) is 5.64. The summed E-state index contributed by atoms with van der Waals surface area (Å²) < 4.78 is 40.3. The van der Waals surface area contributed by atoms with E-state index in [-0.39, 0.29) is 10.8 Å². The van der Waals surface area contributed by atoms with Crippen molar-refractivity contribution in [3.63, 3.8) is 0 Å². The fourth-order valence-corrected chi connectivity index (χ4v) is 1.87. The van der Waals surface area contributed by atoms with Crippen molar-refractivity contribution < 1.29 is 17.9 Å². The lowest BCUT2D eigenvalue weighted by Gasteiger charge is -2.12. The molecule has 0 unspecified atom stereocenters. The van der Waals surface area contributed by atoms with Crippen molar-refractivity contribution >= 4 is 17.4 Å². The van der Waals surface area contributed by atoms with Crippen molar-refractivity contribution in [2.45, 2.75) is 12.8 Å². The van der Waals surface area contributed by atoms with Crippen LogP contribution in [0.4, 0.5) is 13.2 Å². The second kappa shape index (κ2) is 5.06. The number of halogens is 4. The standard InChI is InChI=1S/C11H10ClF3N2O/c12-10-7(6-9-16-4-5-17-9)2-1-3-8(10)18-11(13,14)15/h1-3H,4-6H2,(H,16,17). The molecule has 98 valence electrons. The molecule has 1 aliphatic heterocycles. The van der Waals surface area contributed by atoms with Crippen LogP contribution in [0.3, 0.4) is 0 Å². The van der Waals surface area contributed by atoms with E-state index in [1.165, 1.54) is 12.1 Å². The minimum Gasteiger partial charge on any atom is -0.404 e. The lowest BCUT2D eigenvalue weighted by Crippen LogP contribution is -2.21. The first-order chi connectivity index (χ1) is 8.46. The van der Waals surface area contributed by atoms with E-state index in [0.717, 1.165) is 12.4 Å². The molecule has 0 aliphatic carbocycles. The fourth-order valence-electron chi connectivity index (χ4n) is 1.64. The molecule has 1 aliphatic rings. The molecule has 0 bridgehead atoms. The van der Waals surface area contributed by atoms with Gasteiger partial charge in [-0.1, -0.05) is 23.7 Å². The van der Waals surface area contributed by atoms with Crippen molar-refractivity contribution in [3.05, 3.63) is 28.8 Å². The molecule has 0 radical (unpaired) electrons. The van der Waals surface area contributed by atoms with Gasteiger partial charge in [0.15, 0.2) is 0 Å². The molecule has 1 heterocycles. The van der Waals surface area contributed by atoms with Crippen LogP contribution in [-0.4, -0.2) is 25.3 Å². The van der Waals surface area contributed by atoms with E-state index in [4.69, 9.17) is 11.6 Å². The number of ether oxygens (including phenoxy) is 1. The molecule has 0 amide bonds. The van der Waals surface area contributed by atoms with Crippen LogP contribution in [0.5, 0.6) is 5.75 Å². The van der Waals surface area contributed by atoms with Crippen LogP contribution in [0.15, 0.2) is 23.2 Å². The van der Waals surface area contributed by atoms with Crippen LogP contribution in [0.2, 0.25) is 5.02 Å². The summed E-state index contributed by atoms with van der Waals surface area (Å²) in [6.07, 6.45) is -4.38. The number of hydrogen-bond donors (Lipinski definition) is 1. The van der Waals surface area contributed by atoms with Crippen LogP contribution >= 0.6 is 11.6 Å². The number of rotatable bonds is 3. The van der Waals surface area contributed by atoms with E-state index in [1.807, 2.05) is 0 Å². The zero-order valence-electron chi connectivity index (χ0n) is 9.22. The van der Waals surface area contributed by atoms with Gasteiger partial charge in [0.1, 0.15) is 11.6 Å². The Morgan fingerprint density at radius 3 is 2.78 bits per heavy atom. The van der Waals surface area contributed by atoms with E-state index in [1.54, 1.807) is 6.07 Å². The Morgan fingerprint density at radius 2 is 2.17 bits per heavy atom. The predicted octanol–water partition coefficient (Wildman–Crippen LogP) is 2.78. The zero-order chi connectivity index (χ0) is 13.2. The van der Waals surface area contributed by atoms with Gasteiger partial charge in [-0.2, -0.15) is 0 Å². The van der Waals surface area contributed by atoms with Crippen molar-refractivity contribution in [2.75, 3.05) is 13.1 Å². The lowest BCUT2D eigenvalue weighted by molar-refractivity contribution is -0.274. The maximum Gasteiger partial charge on any atom is 0.573 e. The highest BCUT2D eigenvalue weighted by atomic mass is 35.5. The normalized spacial score (nSPS) is 15.2. The highest BCUT2D eigenvalue weighted by molar-refractivity contribution is 6.33. The Labute approximate surface area is 107 Å². The second-order valence-corrected chi connectivity index (χ2v) is 4.09. The number of benzene rings is 1. The summed E-state index contributed by atoms with van der Waals surface area (Å²) >= 11 is 5.89. The summed E-state index contributed by atoms with van der Waals surface area (Å²) in [5.74, 6) is 0.335.